The summed E-state index contributed by atoms with van der Waals surface area (Å²) in [5.41, 5.74) is 13.3. The zero-order valence-electron chi connectivity index (χ0n) is 26.3. The minimum atomic E-state index is -0.226. The lowest BCUT2D eigenvalue weighted by Gasteiger charge is -2.36. The van der Waals surface area contributed by atoms with Crippen LogP contribution in [0.1, 0.15) is 74.4 Å². The molecule has 224 valence electrons. The van der Waals surface area contributed by atoms with Crippen LogP contribution in [0, 0.1) is 19.8 Å². The Morgan fingerprint density at radius 3 is 2.09 bits per heavy atom. The van der Waals surface area contributed by atoms with E-state index in [4.69, 9.17) is 0 Å². The van der Waals surface area contributed by atoms with Crippen molar-refractivity contribution in [3.05, 3.63) is 185 Å². The summed E-state index contributed by atoms with van der Waals surface area (Å²) in [5.74, 6) is 0.607. The molecule has 0 nitrogen and oxygen atoms in total. The van der Waals surface area contributed by atoms with E-state index in [0.29, 0.717) is 5.92 Å². The predicted octanol–water partition coefficient (Wildman–Crippen LogP) is 12.4. The highest BCUT2D eigenvalue weighted by molar-refractivity contribution is 5.87. The summed E-state index contributed by atoms with van der Waals surface area (Å²) in [4.78, 5) is 0. The highest BCUT2D eigenvalue weighted by Crippen LogP contribution is 2.57. The van der Waals surface area contributed by atoms with Gasteiger partial charge in [-0.15, -0.1) is 0 Å². The molecule has 0 saturated heterocycles. The van der Waals surface area contributed by atoms with Crippen molar-refractivity contribution in [3.63, 3.8) is 0 Å². The first-order valence-electron chi connectivity index (χ1n) is 15.8. The summed E-state index contributed by atoms with van der Waals surface area (Å²) in [5, 5.41) is 0. The molecule has 0 radical (unpaired) electrons. The molecule has 4 aromatic carbocycles. The molecule has 0 heteroatoms. The van der Waals surface area contributed by atoms with Crippen molar-refractivity contribution in [2.24, 2.45) is 5.92 Å². The second-order valence-electron chi connectivity index (χ2n) is 11.5. The molecule has 2 atom stereocenters. The Kier molecular flexibility index (Phi) is 11.0. The van der Waals surface area contributed by atoms with E-state index in [9.17, 15) is 0 Å². The minimum absolute atomic E-state index is 0. The number of hydrogen-bond acceptors (Lipinski definition) is 0. The van der Waals surface area contributed by atoms with Crippen LogP contribution in [0.15, 0.2) is 151 Å². The van der Waals surface area contributed by atoms with E-state index >= 15 is 0 Å². The Balaban J connectivity index is 0.000000221. The summed E-state index contributed by atoms with van der Waals surface area (Å²) in [6.07, 6.45) is 20.2. The Morgan fingerprint density at radius 2 is 1.36 bits per heavy atom. The molecule has 3 aliphatic carbocycles. The van der Waals surface area contributed by atoms with Crippen LogP contribution < -0.4 is 0 Å². The van der Waals surface area contributed by atoms with E-state index in [1.807, 2.05) is 13.8 Å². The van der Waals surface area contributed by atoms with Crippen molar-refractivity contribution in [2.45, 2.75) is 60.3 Å². The largest absolute Gasteiger partial charge is 0.0811 e. The topological polar surface area (TPSA) is 0 Å². The molecule has 0 spiro atoms. The zero-order valence-corrected chi connectivity index (χ0v) is 26.3. The van der Waals surface area contributed by atoms with Gasteiger partial charge in [0.1, 0.15) is 0 Å². The normalized spacial score (nSPS) is 19.0. The number of allylic oxidation sites excluding steroid dienone is 10. The van der Waals surface area contributed by atoms with Gasteiger partial charge in [0.2, 0.25) is 0 Å². The second kappa shape index (κ2) is 14.8. The van der Waals surface area contributed by atoms with Gasteiger partial charge in [0.05, 0.1) is 5.41 Å². The average Bonchev–Trinajstić information content (AvgIpc) is 3.17. The van der Waals surface area contributed by atoms with Crippen LogP contribution >= 0.6 is 0 Å². The molecule has 0 saturated carbocycles. The second-order valence-corrected chi connectivity index (χ2v) is 11.5. The van der Waals surface area contributed by atoms with Crippen molar-refractivity contribution in [2.75, 3.05) is 0 Å². The van der Waals surface area contributed by atoms with Crippen LogP contribution in [0.4, 0.5) is 0 Å². The lowest BCUT2D eigenvalue weighted by atomic mass is 9.65. The first-order valence-corrected chi connectivity index (χ1v) is 15.8. The van der Waals surface area contributed by atoms with E-state index in [-0.39, 0.29) is 12.8 Å². The maximum Gasteiger partial charge on any atom is 0.0710 e. The molecule has 7 rings (SSSR count). The molecule has 44 heavy (non-hydrogen) atoms. The number of fused-ring (bicyclic) bond motifs is 3. The van der Waals surface area contributed by atoms with Crippen LogP contribution in [0.25, 0.3) is 16.7 Å². The fourth-order valence-corrected chi connectivity index (χ4v) is 6.39. The van der Waals surface area contributed by atoms with Gasteiger partial charge in [0.25, 0.3) is 0 Å². The minimum Gasteiger partial charge on any atom is -0.0811 e. The molecular weight excluding hydrogens is 528 g/mol. The number of benzene rings is 4. The third-order valence-electron chi connectivity index (χ3n) is 8.52. The third kappa shape index (κ3) is 6.41. The SMILES string of the molecule is C.CC.Cc1ccc(C2=CC=CCC=C2)cc1.Cc1ccc2c(c1)C(C1=CCC(C)C=C1)(c1ccccc1)c1ccccc1-2. The van der Waals surface area contributed by atoms with Gasteiger partial charge in [-0.1, -0.05) is 185 Å². The average molecular weight is 577 g/mol. The van der Waals surface area contributed by atoms with Crippen LogP contribution in [0.5, 0.6) is 0 Å². The molecule has 2 unspecified atom stereocenters. The third-order valence-corrected chi connectivity index (χ3v) is 8.52. The van der Waals surface area contributed by atoms with E-state index < -0.39 is 0 Å². The maximum absolute atomic E-state index is 2.46. The Labute approximate surface area is 266 Å². The van der Waals surface area contributed by atoms with E-state index in [1.165, 1.54) is 55.7 Å². The van der Waals surface area contributed by atoms with Crippen LogP contribution in [0.3, 0.4) is 0 Å². The maximum atomic E-state index is 2.46. The van der Waals surface area contributed by atoms with E-state index in [0.717, 1.165) is 12.8 Å². The summed E-state index contributed by atoms with van der Waals surface area (Å²) in [6.45, 7) is 10.6. The molecule has 3 aliphatic rings. The zero-order chi connectivity index (χ0) is 30.2. The molecule has 0 aliphatic heterocycles. The van der Waals surface area contributed by atoms with Crippen LogP contribution in [0.2, 0.25) is 0 Å². The molecular formula is C44H48. The fourth-order valence-electron chi connectivity index (χ4n) is 6.39. The summed E-state index contributed by atoms with van der Waals surface area (Å²) < 4.78 is 0. The molecule has 0 bridgehead atoms. The first kappa shape index (κ1) is 32.5. The molecule has 0 amide bonds. The number of aryl methyl sites for hydroxylation is 2. The van der Waals surface area contributed by atoms with Crippen molar-refractivity contribution in [1.82, 2.24) is 0 Å². The molecule has 0 heterocycles. The van der Waals surface area contributed by atoms with Gasteiger partial charge in [-0.25, -0.2) is 0 Å². The van der Waals surface area contributed by atoms with Gasteiger partial charge in [0.15, 0.2) is 0 Å². The monoisotopic (exact) mass is 576 g/mol. The molecule has 0 fully saturated rings. The smallest absolute Gasteiger partial charge is 0.0710 e. The summed E-state index contributed by atoms with van der Waals surface area (Å²) in [7, 11) is 0. The number of hydrogen-bond donors (Lipinski definition) is 0. The molecule has 0 aromatic heterocycles. The highest BCUT2D eigenvalue weighted by Gasteiger charge is 2.46. The van der Waals surface area contributed by atoms with Crippen molar-refractivity contribution in [3.8, 4) is 11.1 Å². The fraction of sp³-hybridized carbons (Fsp3) is 0.227. The van der Waals surface area contributed by atoms with E-state index in [2.05, 4.69) is 166 Å². The van der Waals surface area contributed by atoms with Crippen molar-refractivity contribution in [1.29, 1.82) is 0 Å². The van der Waals surface area contributed by atoms with Gasteiger partial charge in [-0.2, -0.15) is 0 Å². The first-order chi connectivity index (χ1) is 21.1. The van der Waals surface area contributed by atoms with Gasteiger partial charge in [0, 0.05) is 0 Å². The molecule has 0 N–H and O–H groups in total. The van der Waals surface area contributed by atoms with Gasteiger partial charge in [-0.3, -0.25) is 0 Å². The highest BCUT2D eigenvalue weighted by atomic mass is 14.5. The van der Waals surface area contributed by atoms with Gasteiger partial charge in [-0.05, 0) is 77.1 Å². The quantitative estimate of drug-likeness (QED) is 0.227. The van der Waals surface area contributed by atoms with E-state index in [1.54, 1.807) is 0 Å². The Bertz CT molecular complexity index is 1690. The van der Waals surface area contributed by atoms with Gasteiger partial charge < -0.3 is 0 Å². The number of rotatable bonds is 3. The lowest BCUT2D eigenvalue weighted by molar-refractivity contribution is 0.691. The predicted molar refractivity (Wildman–Crippen MR) is 194 cm³/mol. The standard InChI is InChI=1S/C27H24.C14H14.C2H6.CH4/c1-19-12-15-22(16-13-19)27(21-8-4-3-5-9-21)25-11-7-6-10-23(25)24-17-14-20(2)18-26(24)27;1-12-8-10-14(11-9-12)13-6-4-2-3-5-7-13;1-2;/h3-12,14-19H,13H2,1-2H3;2,4-11H,3H2,1H3;1-2H3;1H4. The Hall–Kier alpha value is -4.42. The molecule has 4 aromatic rings. The van der Waals surface area contributed by atoms with Crippen molar-refractivity contribution < 1.29 is 0 Å². The van der Waals surface area contributed by atoms with Crippen LogP contribution in [-0.2, 0) is 5.41 Å². The summed E-state index contributed by atoms with van der Waals surface area (Å²) >= 11 is 0. The van der Waals surface area contributed by atoms with Crippen molar-refractivity contribution >= 4 is 5.57 Å². The Morgan fingerprint density at radius 1 is 0.682 bits per heavy atom. The summed E-state index contributed by atoms with van der Waals surface area (Å²) in [6, 6.07) is 35.6. The van der Waals surface area contributed by atoms with Gasteiger partial charge >= 0.3 is 0 Å². The lowest BCUT2D eigenvalue weighted by Crippen LogP contribution is -2.30. The van der Waals surface area contributed by atoms with Crippen LogP contribution in [-0.4, -0.2) is 0 Å².